The fourth-order valence-electron chi connectivity index (χ4n) is 1.48. The van der Waals surface area contributed by atoms with Gasteiger partial charge in [0.2, 0.25) is 5.91 Å². The molecule has 0 saturated heterocycles. The SMILES string of the molecule is [B]CCC(C)(C)OCCC(C)(C)NC(=O)CS. The zero-order valence-corrected chi connectivity index (χ0v) is 12.3. The van der Waals surface area contributed by atoms with E-state index >= 15 is 0 Å². The average Bonchev–Trinajstić information content (AvgIpc) is 2.15. The van der Waals surface area contributed by atoms with E-state index in [1.165, 1.54) is 0 Å². The van der Waals surface area contributed by atoms with Gasteiger partial charge >= 0.3 is 0 Å². The van der Waals surface area contributed by atoms with Crippen molar-refractivity contribution in [3.63, 3.8) is 0 Å². The molecule has 0 aromatic carbocycles. The first-order valence-corrected chi connectivity index (χ1v) is 6.61. The minimum Gasteiger partial charge on any atom is -0.376 e. The van der Waals surface area contributed by atoms with Crippen molar-refractivity contribution in [3.05, 3.63) is 0 Å². The highest BCUT2D eigenvalue weighted by Crippen LogP contribution is 2.18. The van der Waals surface area contributed by atoms with Gasteiger partial charge in [-0.25, -0.2) is 0 Å². The highest BCUT2D eigenvalue weighted by molar-refractivity contribution is 7.81. The van der Waals surface area contributed by atoms with Crippen LogP contribution in [0, 0.1) is 0 Å². The molecule has 1 amide bonds. The van der Waals surface area contributed by atoms with Crippen LogP contribution in [-0.4, -0.2) is 37.3 Å². The van der Waals surface area contributed by atoms with Gasteiger partial charge in [-0.1, -0.05) is 6.32 Å². The zero-order chi connectivity index (χ0) is 13.5. The number of hydrogen-bond donors (Lipinski definition) is 2. The number of nitrogens with one attached hydrogen (secondary N) is 1. The molecule has 0 atom stereocenters. The summed E-state index contributed by atoms with van der Waals surface area (Å²) in [5.41, 5.74) is -0.461. The molecule has 0 bridgehead atoms. The molecule has 98 valence electrons. The van der Waals surface area contributed by atoms with Crippen molar-refractivity contribution in [3.8, 4) is 0 Å². The zero-order valence-electron chi connectivity index (χ0n) is 11.4. The first-order valence-electron chi connectivity index (χ1n) is 5.98. The number of carbonyl (C=O) groups is 1. The third-order valence-corrected chi connectivity index (χ3v) is 2.87. The lowest BCUT2D eigenvalue weighted by Crippen LogP contribution is -2.45. The highest BCUT2D eigenvalue weighted by atomic mass is 32.1. The summed E-state index contributed by atoms with van der Waals surface area (Å²) in [5, 5.41) is 2.90. The summed E-state index contributed by atoms with van der Waals surface area (Å²) in [4.78, 5) is 11.2. The van der Waals surface area contributed by atoms with Crippen LogP contribution in [0.5, 0.6) is 0 Å². The largest absolute Gasteiger partial charge is 0.376 e. The lowest BCUT2D eigenvalue weighted by atomic mass is 9.92. The van der Waals surface area contributed by atoms with E-state index in [-0.39, 0.29) is 22.8 Å². The van der Waals surface area contributed by atoms with E-state index < -0.39 is 0 Å². The molecule has 3 nitrogen and oxygen atoms in total. The van der Waals surface area contributed by atoms with E-state index in [4.69, 9.17) is 12.6 Å². The molecule has 0 saturated carbocycles. The Morgan fingerprint density at radius 2 is 1.88 bits per heavy atom. The number of rotatable bonds is 8. The predicted molar refractivity (Wildman–Crippen MR) is 75.9 cm³/mol. The van der Waals surface area contributed by atoms with Gasteiger partial charge in [-0.2, -0.15) is 12.6 Å². The van der Waals surface area contributed by atoms with Crippen molar-refractivity contribution in [1.29, 1.82) is 0 Å². The summed E-state index contributed by atoms with van der Waals surface area (Å²) < 4.78 is 5.77. The van der Waals surface area contributed by atoms with Gasteiger partial charge in [0.05, 0.1) is 19.2 Å². The summed E-state index contributed by atoms with van der Waals surface area (Å²) in [6.45, 7) is 8.62. The number of thiol groups is 1. The van der Waals surface area contributed by atoms with Crippen LogP contribution in [0.2, 0.25) is 6.32 Å². The normalized spacial score (nSPS) is 12.5. The van der Waals surface area contributed by atoms with E-state index in [9.17, 15) is 4.79 Å². The van der Waals surface area contributed by atoms with E-state index in [0.717, 1.165) is 12.8 Å². The number of hydrogen-bond acceptors (Lipinski definition) is 3. The average molecular weight is 257 g/mol. The minimum atomic E-state index is -0.265. The van der Waals surface area contributed by atoms with Crippen LogP contribution >= 0.6 is 12.6 Å². The molecule has 0 unspecified atom stereocenters. The lowest BCUT2D eigenvalue weighted by molar-refractivity contribution is -0.120. The van der Waals surface area contributed by atoms with E-state index in [1.807, 2.05) is 27.7 Å². The molecule has 2 radical (unpaired) electrons. The molecule has 17 heavy (non-hydrogen) atoms. The van der Waals surface area contributed by atoms with Gasteiger partial charge in [0.15, 0.2) is 0 Å². The van der Waals surface area contributed by atoms with Gasteiger partial charge < -0.3 is 10.1 Å². The van der Waals surface area contributed by atoms with Gasteiger partial charge in [-0.3, -0.25) is 4.79 Å². The Labute approximate surface area is 112 Å². The van der Waals surface area contributed by atoms with Gasteiger partial charge in [0.25, 0.3) is 0 Å². The number of amides is 1. The quantitative estimate of drug-likeness (QED) is 0.515. The van der Waals surface area contributed by atoms with Crippen molar-refractivity contribution in [2.24, 2.45) is 0 Å². The van der Waals surface area contributed by atoms with Crippen molar-refractivity contribution in [2.45, 2.75) is 58.0 Å². The molecule has 0 fully saturated rings. The van der Waals surface area contributed by atoms with Crippen LogP contribution in [0.1, 0.15) is 40.5 Å². The Bertz CT molecular complexity index is 245. The predicted octanol–water partition coefficient (Wildman–Crippen LogP) is 1.97. The molecule has 0 aliphatic carbocycles. The third-order valence-electron chi connectivity index (χ3n) is 2.59. The van der Waals surface area contributed by atoms with Gasteiger partial charge in [0.1, 0.15) is 0 Å². The molecule has 0 aliphatic heterocycles. The topological polar surface area (TPSA) is 38.3 Å². The maximum Gasteiger partial charge on any atom is 0.230 e. The van der Waals surface area contributed by atoms with Gasteiger partial charge in [0, 0.05) is 12.1 Å². The third kappa shape index (κ3) is 8.55. The molecule has 0 rings (SSSR count). The van der Waals surface area contributed by atoms with Crippen molar-refractivity contribution in [1.82, 2.24) is 5.32 Å². The van der Waals surface area contributed by atoms with Crippen LogP contribution in [0.15, 0.2) is 0 Å². The minimum absolute atomic E-state index is 0.0560. The molecule has 0 aliphatic rings. The first kappa shape index (κ1) is 16.8. The summed E-state index contributed by atoms with van der Waals surface area (Å²) in [5.74, 6) is 0.155. The van der Waals surface area contributed by atoms with Crippen molar-refractivity contribution >= 4 is 26.4 Å². The Balaban J connectivity index is 3.98. The Hall–Kier alpha value is -0.155. The van der Waals surface area contributed by atoms with Crippen LogP contribution in [0.3, 0.4) is 0 Å². The maximum absolute atomic E-state index is 11.2. The second-order valence-corrected chi connectivity index (χ2v) is 5.80. The molecule has 0 aromatic rings. The highest BCUT2D eigenvalue weighted by Gasteiger charge is 2.22. The molecule has 0 heterocycles. The monoisotopic (exact) mass is 257 g/mol. The molecular formula is C12H24BNO2S. The molecule has 1 N–H and O–H groups in total. The molecule has 0 aromatic heterocycles. The van der Waals surface area contributed by atoms with Gasteiger partial charge in [-0.15, -0.1) is 0 Å². The summed E-state index contributed by atoms with van der Waals surface area (Å²) >= 11 is 3.93. The van der Waals surface area contributed by atoms with Crippen molar-refractivity contribution < 1.29 is 9.53 Å². The lowest BCUT2D eigenvalue weighted by Gasteiger charge is -2.30. The van der Waals surface area contributed by atoms with Crippen molar-refractivity contribution in [2.75, 3.05) is 12.4 Å². The maximum atomic E-state index is 11.2. The van der Waals surface area contributed by atoms with E-state index in [0.29, 0.717) is 12.9 Å². The van der Waals surface area contributed by atoms with Gasteiger partial charge in [-0.05, 0) is 40.5 Å². The second kappa shape index (κ2) is 7.32. The first-order chi connectivity index (χ1) is 7.72. The second-order valence-electron chi connectivity index (χ2n) is 5.49. The van der Waals surface area contributed by atoms with E-state index in [1.54, 1.807) is 0 Å². The van der Waals surface area contributed by atoms with Crippen LogP contribution in [0.4, 0.5) is 0 Å². The Morgan fingerprint density at radius 1 is 1.29 bits per heavy atom. The summed E-state index contributed by atoms with van der Waals surface area (Å²) in [7, 11) is 5.51. The Kier molecular flexibility index (Phi) is 7.25. The fraction of sp³-hybridized carbons (Fsp3) is 0.917. The van der Waals surface area contributed by atoms with Crippen LogP contribution in [0.25, 0.3) is 0 Å². The standard InChI is InChI=1S/C12H24BNO2S/c1-11(2,14-10(15)9-17)6-8-16-12(3,4)5-7-13/h17H,5-9H2,1-4H3,(H,14,15). The van der Waals surface area contributed by atoms with Crippen LogP contribution in [-0.2, 0) is 9.53 Å². The molecular weight excluding hydrogens is 233 g/mol. The summed E-state index contributed by atoms with van der Waals surface area (Å²) in [6.07, 6.45) is 2.21. The molecule has 5 heteroatoms. The number of ether oxygens (including phenoxy) is 1. The number of carbonyl (C=O) groups excluding carboxylic acids is 1. The van der Waals surface area contributed by atoms with E-state index in [2.05, 4.69) is 17.9 Å². The van der Waals surface area contributed by atoms with Crippen LogP contribution < -0.4 is 5.32 Å². The fourth-order valence-corrected chi connectivity index (χ4v) is 1.56. The smallest absolute Gasteiger partial charge is 0.230 e. The Morgan fingerprint density at radius 3 is 2.35 bits per heavy atom. The molecule has 0 spiro atoms. The summed E-state index contributed by atoms with van der Waals surface area (Å²) in [6, 6.07) is 0.